The molecule has 0 unspecified atom stereocenters. The van der Waals surface area contributed by atoms with E-state index in [1.807, 2.05) is 0 Å². The van der Waals surface area contributed by atoms with Gasteiger partial charge in [-0.1, -0.05) is 0 Å². The average Bonchev–Trinajstić information content (AvgIpc) is 1.38. The minimum atomic E-state index is -2.05. The molecule has 30 valence electrons. The van der Waals surface area contributed by atoms with Gasteiger partial charge in [0.25, 0.3) is 0 Å². The fourth-order valence-electron chi connectivity index (χ4n) is 0. The van der Waals surface area contributed by atoms with Crippen LogP contribution in [-0.4, -0.2) is 6.16 Å². The molecule has 0 amide bonds. The Bertz CT molecular complexity index is 42.8. The third kappa shape index (κ3) is 8.87. The molecular weight excluding hydrogens is 99.0 g/mol. The third-order valence-electron chi connectivity index (χ3n) is 0.0680. The third-order valence-corrected chi connectivity index (χ3v) is 0.0680. The molecular formula is CNaO4-. The summed E-state index contributed by atoms with van der Waals surface area (Å²) in [7, 11) is 0. The van der Waals surface area contributed by atoms with E-state index >= 15 is 0 Å². The normalized spacial score (nSPS) is 5.50. The van der Waals surface area contributed by atoms with Gasteiger partial charge in [0.1, 0.15) is 0 Å². The van der Waals surface area contributed by atoms with E-state index in [1.54, 1.807) is 0 Å². The van der Waals surface area contributed by atoms with Gasteiger partial charge in [-0.05, 0) is 0 Å². The molecule has 0 aliphatic carbocycles. The van der Waals surface area contributed by atoms with Crippen molar-refractivity contribution in [2.24, 2.45) is 0 Å². The summed E-state index contributed by atoms with van der Waals surface area (Å²) in [4.78, 5) is 11.0. The summed E-state index contributed by atoms with van der Waals surface area (Å²) in [5.41, 5.74) is 0. The van der Waals surface area contributed by atoms with E-state index < -0.39 is 6.16 Å². The van der Waals surface area contributed by atoms with Crippen LogP contribution in [0.2, 0.25) is 0 Å². The molecule has 0 atom stereocenters. The molecule has 0 aromatic rings. The van der Waals surface area contributed by atoms with Crippen molar-refractivity contribution in [3.05, 3.63) is 0 Å². The maximum atomic E-state index is 8.72. The molecule has 0 rings (SSSR count). The Labute approximate surface area is 55.9 Å². The second-order valence-electron chi connectivity index (χ2n) is 0.333. The summed E-state index contributed by atoms with van der Waals surface area (Å²) in [6, 6.07) is 0. The first kappa shape index (κ1) is 9.52. The zero-order valence-electron chi connectivity index (χ0n) is 3.13. The molecule has 0 fully saturated rings. The van der Waals surface area contributed by atoms with Gasteiger partial charge < -0.3 is 20.0 Å². The predicted octanol–water partition coefficient (Wildman–Crippen LogP) is -5.37. The summed E-state index contributed by atoms with van der Waals surface area (Å²) in [5, 5.41) is 17.2. The van der Waals surface area contributed by atoms with Gasteiger partial charge in [0.15, 0.2) is 0 Å². The number of hydrogen-bond acceptors (Lipinski definition) is 4. The minimum absolute atomic E-state index is 0. The smallest absolute Gasteiger partial charge is 0.755 e. The summed E-state index contributed by atoms with van der Waals surface area (Å²) in [6.45, 7) is 0. The number of carboxylic acid groups (broad SMARTS) is 1. The molecule has 0 saturated carbocycles. The molecule has 0 saturated heterocycles. The van der Waals surface area contributed by atoms with Crippen LogP contribution < -0.4 is 39.9 Å². The summed E-state index contributed by atoms with van der Waals surface area (Å²) in [5.74, 6) is 0. The molecule has 0 aromatic carbocycles. The van der Waals surface area contributed by atoms with Crippen LogP contribution in [0.5, 0.6) is 0 Å². The summed E-state index contributed by atoms with van der Waals surface area (Å²) >= 11 is 0. The van der Waals surface area contributed by atoms with E-state index in [2.05, 4.69) is 4.89 Å². The van der Waals surface area contributed by atoms with Gasteiger partial charge in [-0.15, -0.1) is 0 Å². The second-order valence-corrected chi connectivity index (χ2v) is 0.333. The van der Waals surface area contributed by atoms with Crippen LogP contribution in [-0.2, 0) is 4.89 Å². The Hall–Kier alpha value is 0.230. The Balaban J connectivity index is 0. The van der Waals surface area contributed by atoms with E-state index in [0.717, 1.165) is 0 Å². The zero-order chi connectivity index (χ0) is 4.28. The Morgan fingerprint density at radius 1 is 1.67 bits per heavy atom. The van der Waals surface area contributed by atoms with Crippen LogP contribution in [0, 0.1) is 0 Å². The van der Waals surface area contributed by atoms with Crippen LogP contribution in [0.3, 0.4) is 0 Å². The van der Waals surface area contributed by atoms with E-state index in [0.29, 0.717) is 0 Å². The van der Waals surface area contributed by atoms with Gasteiger partial charge >= 0.3 is 29.6 Å². The largest absolute Gasteiger partial charge is 1.00 e. The standard InChI is InChI=1S/CH2O4.Na/c2-1(3)5-4;/h4H,(H,2,3);/q;+1/p-2. The van der Waals surface area contributed by atoms with Gasteiger partial charge in [-0.25, -0.2) is 0 Å². The molecule has 6 heavy (non-hydrogen) atoms. The molecule has 0 spiro atoms. The van der Waals surface area contributed by atoms with Crippen molar-refractivity contribution in [3.63, 3.8) is 0 Å². The van der Waals surface area contributed by atoms with Crippen molar-refractivity contribution in [2.75, 3.05) is 0 Å². The van der Waals surface area contributed by atoms with Crippen LogP contribution in [0.1, 0.15) is 0 Å². The van der Waals surface area contributed by atoms with Gasteiger partial charge in [-0.3, -0.25) is 0 Å². The van der Waals surface area contributed by atoms with E-state index in [4.69, 9.17) is 15.2 Å². The van der Waals surface area contributed by atoms with Gasteiger partial charge in [0.2, 0.25) is 6.16 Å². The maximum absolute atomic E-state index is 8.72. The Morgan fingerprint density at radius 2 is 1.83 bits per heavy atom. The topological polar surface area (TPSA) is 72.4 Å². The van der Waals surface area contributed by atoms with Crippen molar-refractivity contribution in [2.45, 2.75) is 0 Å². The van der Waals surface area contributed by atoms with Crippen molar-refractivity contribution in [1.82, 2.24) is 0 Å². The first-order valence-corrected chi connectivity index (χ1v) is 0.779. The Kier molecular flexibility index (Phi) is 8.30. The molecule has 5 heteroatoms. The molecule has 4 nitrogen and oxygen atoms in total. The summed E-state index contributed by atoms with van der Waals surface area (Å²) < 4.78 is 0. The van der Waals surface area contributed by atoms with Crippen LogP contribution >= 0.6 is 0 Å². The van der Waals surface area contributed by atoms with Crippen molar-refractivity contribution >= 4 is 6.16 Å². The van der Waals surface area contributed by atoms with Crippen molar-refractivity contribution < 1.29 is 49.6 Å². The Morgan fingerprint density at radius 3 is 1.83 bits per heavy atom. The van der Waals surface area contributed by atoms with Crippen LogP contribution in [0.4, 0.5) is 4.79 Å². The van der Waals surface area contributed by atoms with E-state index in [1.165, 1.54) is 0 Å². The maximum Gasteiger partial charge on any atom is 1.00 e. The number of hydrogen-bond donors (Lipinski definition) is 0. The molecule has 0 heterocycles. The average molecular weight is 99.0 g/mol. The number of carbonyl (C=O) groups excluding carboxylic acids is 1. The SMILES string of the molecule is O=C([O-])O[O-].[Na+]. The monoisotopic (exact) mass is 99.0 g/mol. The predicted molar refractivity (Wildman–Crippen MR) is 6.48 cm³/mol. The van der Waals surface area contributed by atoms with Gasteiger partial charge in [0, 0.05) is 0 Å². The van der Waals surface area contributed by atoms with Gasteiger partial charge in [0.05, 0.1) is 0 Å². The van der Waals surface area contributed by atoms with E-state index in [9.17, 15) is 0 Å². The number of rotatable bonds is 0. The van der Waals surface area contributed by atoms with Gasteiger partial charge in [-0.2, -0.15) is 0 Å². The zero-order valence-corrected chi connectivity index (χ0v) is 5.13. The fraction of sp³-hybridized carbons (Fsp3) is 0. The molecule has 0 aliphatic heterocycles. The minimum Gasteiger partial charge on any atom is -0.755 e. The molecule has 0 radical (unpaired) electrons. The molecule has 0 N–H and O–H groups in total. The van der Waals surface area contributed by atoms with Crippen molar-refractivity contribution in [3.8, 4) is 0 Å². The second kappa shape index (κ2) is 5.23. The van der Waals surface area contributed by atoms with Crippen LogP contribution in [0.15, 0.2) is 0 Å². The van der Waals surface area contributed by atoms with E-state index in [-0.39, 0.29) is 29.6 Å². The molecule has 0 bridgehead atoms. The quantitative estimate of drug-likeness (QED) is 0.172. The van der Waals surface area contributed by atoms with Crippen molar-refractivity contribution in [1.29, 1.82) is 0 Å². The number of carbonyl (C=O) groups is 1. The molecule has 0 aliphatic rings. The molecule has 0 aromatic heterocycles. The first-order valence-electron chi connectivity index (χ1n) is 0.779. The fourth-order valence-corrected chi connectivity index (χ4v) is 0. The first-order chi connectivity index (χ1) is 2.27. The van der Waals surface area contributed by atoms with Crippen LogP contribution in [0.25, 0.3) is 0 Å². The summed E-state index contributed by atoms with van der Waals surface area (Å²) in [6.07, 6.45) is -2.05.